The number of rotatable bonds is 6. The maximum absolute atomic E-state index is 12.0. The molecular weight excluding hydrogens is 334 g/mol. The SMILES string of the molecule is Cc1cc(S(=O)(=O)NCC(C)CC(=O)O)ccc1Br. The highest BCUT2D eigenvalue weighted by atomic mass is 79.9. The van der Waals surface area contributed by atoms with Crippen LogP contribution in [-0.4, -0.2) is 26.0 Å². The van der Waals surface area contributed by atoms with Crippen LogP contribution in [0.5, 0.6) is 0 Å². The summed E-state index contributed by atoms with van der Waals surface area (Å²) < 4.78 is 27.3. The molecule has 0 aromatic heterocycles. The van der Waals surface area contributed by atoms with Gasteiger partial charge in [-0.25, -0.2) is 13.1 Å². The summed E-state index contributed by atoms with van der Waals surface area (Å²) in [6.07, 6.45) is -0.0676. The maximum atomic E-state index is 12.0. The minimum atomic E-state index is -3.59. The van der Waals surface area contributed by atoms with Crippen molar-refractivity contribution in [2.75, 3.05) is 6.54 Å². The van der Waals surface area contributed by atoms with E-state index in [1.54, 1.807) is 26.0 Å². The van der Waals surface area contributed by atoms with E-state index in [0.29, 0.717) is 0 Å². The number of sulfonamides is 1. The monoisotopic (exact) mass is 349 g/mol. The zero-order valence-corrected chi connectivity index (χ0v) is 13.1. The van der Waals surface area contributed by atoms with E-state index in [-0.39, 0.29) is 23.8 Å². The first-order valence-corrected chi connectivity index (χ1v) is 7.97. The van der Waals surface area contributed by atoms with Crippen LogP contribution in [0.1, 0.15) is 18.9 Å². The number of carbonyl (C=O) groups is 1. The lowest BCUT2D eigenvalue weighted by molar-refractivity contribution is -0.137. The van der Waals surface area contributed by atoms with Crippen LogP contribution < -0.4 is 4.72 Å². The molecule has 0 radical (unpaired) electrons. The molecule has 19 heavy (non-hydrogen) atoms. The minimum absolute atomic E-state index is 0.0676. The van der Waals surface area contributed by atoms with E-state index in [4.69, 9.17) is 5.11 Å². The van der Waals surface area contributed by atoms with Crippen molar-refractivity contribution in [2.24, 2.45) is 5.92 Å². The molecule has 1 aromatic carbocycles. The van der Waals surface area contributed by atoms with Gasteiger partial charge >= 0.3 is 5.97 Å². The molecule has 2 N–H and O–H groups in total. The predicted octanol–water partition coefficient (Wildman–Crippen LogP) is 2.15. The van der Waals surface area contributed by atoms with Gasteiger partial charge in [0, 0.05) is 17.4 Å². The molecule has 1 rings (SSSR count). The molecule has 7 heteroatoms. The normalized spacial score (nSPS) is 13.2. The molecule has 0 heterocycles. The number of hydrogen-bond acceptors (Lipinski definition) is 3. The van der Waals surface area contributed by atoms with Crippen LogP contribution in [0.2, 0.25) is 0 Å². The Morgan fingerprint density at radius 1 is 1.47 bits per heavy atom. The molecule has 0 saturated carbocycles. The lowest BCUT2D eigenvalue weighted by atomic mass is 10.1. The lowest BCUT2D eigenvalue weighted by Crippen LogP contribution is -2.29. The van der Waals surface area contributed by atoms with Gasteiger partial charge in [-0.2, -0.15) is 0 Å². The Kier molecular flexibility index (Phi) is 5.51. The lowest BCUT2D eigenvalue weighted by Gasteiger charge is -2.11. The molecule has 0 aliphatic rings. The molecule has 0 aliphatic carbocycles. The first-order valence-electron chi connectivity index (χ1n) is 5.70. The Morgan fingerprint density at radius 2 is 2.11 bits per heavy atom. The fourth-order valence-electron chi connectivity index (χ4n) is 1.49. The average Bonchev–Trinajstić information content (AvgIpc) is 2.29. The molecule has 0 aliphatic heterocycles. The van der Waals surface area contributed by atoms with Gasteiger partial charge in [-0.3, -0.25) is 4.79 Å². The first kappa shape index (κ1) is 16.1. The van der Waals surface area contributed by atoms with Gasteiger partial charge in [0.05, 0.1) is 4.90 Å². The summed E-state index contributed by atoms with van der Waals surface area (Å²) in [5, 5.41) is 8.61. The summed E-state index contributed by atoms with van der Waals surface area (Å²) in [4.78, 5) is 10.7. The van der Waals surface area contributed by atoms with Crippen LogP contribution in [0.15, 0.2) is 27.6 Å². The number of benzene rings is 1. The van der Waals surface area contributed by atoms with Crippen LogP contribution in [0.4, 0.5) is 0 Å². The summed E-state index contributed by atoms with van der Waals surface area (Å²) in [5.74, 6) is -1.20. The second kappa shape index (κ2) is 6.49. The number of nitrogens with one attached hydrogen (secondary N) is 1. The van der Waals surface area contributed by atoms with Gasteiger partial charge in [-0.1, -0.05) is 22.9 Å². The molecule has 106 valence electrons. The third kappa shape index (κ3) is 4.93. The van der Waals surface area contributed by atoms with Crippen LogP contribution in [0.3, 0.4) is 0 Å². The fraction of sp³-hybridized carbons (Fsp3) is 0.417. The van der Waals surface area contributed by atoms with E-state index in [9.17, 15) is 13.2 Å². The number of carboxylic acid groups (broad SMARTS) is 1. The third-order valence-electron chi connectivity index (χ3n) is 2.58. The summed E-state index contributed by atoms with van der Waals surface area (Å²) in [6.45, 7) is 3.59. The Bertz CT molecular complexity index is 571. The smallest absolute Gasteiger partial charge is 0.303 e. The van der Waals surface area contributed by atoms with Crippen molar-refractivity contribution in [3.05, 3.63) is 28.2 Å². The van der Waals surface area contributed by atoms with Crippen LogP contribution in [-0.2, 0) is 14.8 Å². The van der Waals surface area contributed by atoms with Crippen molar-refractivity contribution < 1.29 is 18.3 Å². The number of halogens is 1. The van der Waals surface area contributed by atoms with Crippen molar-refractivity contribution in [3.63, 3.8) is 0 Å². The van der Waals surface area contributed by atoms with E-state index >= 15 is 0 Å². The highest BCUT2D eigenvalue weighted by Gasteiger charge is 2.17. The quantitative estimate of drug-likeness (QED) is 0.824. The van der Waals surface area contributed by atoms with Crippen molar-refractivity contribution in [1.29, 1.82) is 0 Å². The van der Waals surface area contributed by atoms with Crippen LogP contribution in [0, 0.1) is 12.8 Å². The summed E-state index contributed by atoms with van der Waals surface area (Å²) >= 11 is 3.30. The summed E-state index contributed by atoms with van der Waals surface area (Å²) in [5.41, 5.74) is 0.821. The maximum Gasteiger partial charge on any atom is 0.303 e. The van der Waals surface area contributed by atoms with Gasteiger partial charge in [0.25, 0.3) is 0 Å². The molecule has 0 amide bonds. The fourth-order valence-corrected chi connectivity index (χ4v) is 2.99. The Hall–Kier alpha value is -0.920. The number of aryl methyl sites for hydroxylation is 1. The van der Waals surface area contributed by atoms with Crippen molar-refractivity contribution in [3.8, 4) is 0 Å². The van der Waals surface area contributed by atoms with Crippen LogP contribution in [0.25, 0.3) is 0 Å². The molecule has 1 aromatic rings. The van der Waals surface area contributed by atoms with Gasteiger partial charge in [-0.15, -0.1) is 0 Å². The molecule has 0 bridgehead atoms. The molecular formula is C12H16BrNO4S. The zero-order chi connectivity index (χ0) is 14.6. The Morgan fingerprint density at radius 3 is 2.63 bits per heavy atom. The van der Waals surface area contributed by atoms with E-state index in [1.807, 2.05) is 0 Å². The molecule has 1 atom stereocenters. The highest BCUT2D eigenvalue weighted by molar-refractivity contribution is 9.10. The second-order valence-corrected chi connectivity index (χ2v) is 7.09. The molecule has 0 saturated heterocycles. The zero-order valence-electron chi connectivity index (χ0n) is 10.7. The average molecular weight is 350 g/mol. The third-order valence-corrected chi connectivity index (χ3v) is 4.90. The van der Waals surface area contributed by atoms with Gasteiger partial charge in [-0.05, 0) is 36.6 Å². The highest BCUT2D eigenvalue weighted by Crippen LogP contribution is 2.20. The van der Waals surface area contributed by atoms with E-state index < -0.39 is 16.0 Å². The molecule has 1 unspecified atom stereocenters. The standard InChI is InChI=1S/C12H16BrNO4S/c1-8(5-12(15)16)7-14-19(17,18)10-3-4-11(13)9(2)6-10/h3-4,6,8,14H,5,7H2,1-2H3,(H,15,16). The molecule has 0 spiro atoms. The van der Waals surface area contributed by atoms with Crippen molar-refractivity contribution in [2.45, 2.75) is 25.2 Å². The minimum Gasteiger partial charge on any atom is -0.481 e. The summed E-state index contributed by atoms with van der Waals surface area (Å²) in [7, 11) is -3.59. The van der Waals surface area contributed by atoms with E-state index in [1.165, 1.54) is 6.07 Å². The Labute approximate surface area is 121 Å². The van der Waals surface area contributed by atoms with Gasteiger partial charge in [0.1, 0.15) is 0 Å². The number of aliphatic carboxylic acids is 1. The van der Waals surface area contributed by atoms with Gasteiger partial charge in [0.2, 0.25) is 10.0 Å². The van der Waals surface area contributed by atoms with E-state index in [0.717, 1.165) is 10.0 Å². The summed E-state index contributed by atoms with van der Waals surface area (Å²) in [6, 6.07) is 4.74. The number of carboxylic acids is 1. The van der Waals surface area contributed by atoms with Gasteiger partial charge in [0.15, 0.2) is 0 Å². The van der Waals surface area contributed by atoms with E-state index in [2.05, 4.69) is 20.7 Å². The topological polar surface area (TPSA) is 83.5 Å². The van der Waals surface area contributed by atoms with Crippen molar-refractivity contribution >= 4 is 31.9 Å². The second-order valence-electron chi connectivity index (χ2n) is 4.47. The number of hydrogen-bond donors (Lipinski definition) is 2. The molecule has 5 nitrogen and oxygen atoms in total. The van der Waals surface area contributed by atoms with Crippen molar-refractivity contribution in [1.82, 2.24) is 4.72 Å². The van der Waals surface area contributed by atoms with Gasteiger partial charge < -0.3 is 5.11 Å². The van der Waals surface area contributed by atoms with Crippen LogP contribution >= 0.6 is 15.9 Å². The first-order chi connectivity index (χ1) is 8.72. The Balaban J connectivity index is 2.76. The predicted molar refractivity (Wildman–Crippen MR) is 75.5 cm³/mol. The molecule has 0 fully saturated rings. The largest absolute Gasteiger partial charge is 0.481 e.